The number of alkyl halides is 6. The maximum Gasteiger partial charge on any atom is 0.393 e. The van der Waals surface area contributed by atoms with Gasteiger partial charge in [-0.05, 0) is 35.4 Å². The molecule has 0 aliphatic heterocycles. The third-order valence-corrected chi connectivity index (χ3v) is 2.67. The van der Waals surface area contributed by atoms with Gasteiger partial charge in [-0.2, -0.15) is 26.3 Å². The molecule has 0 saturated carbocycles. The van der Waals surface area contributed by atoms with E-state index >= 15 is 0 Å². The van der Waals surface area contributed by atoms with E-state index in [9.17, 15) is 26.3 Å². The van der Waals surface area contributed by atoms with E-state index in [2.05, 4.69) is 0 Å². The molecule has 0 amide bonds. The average molecular weight is 308 g/mol. The molecule has 0 N–H and O–H groups in total. The zero-order valence-electron chi connectivity index (χ0n) is 10.6. The van der Waals surface area contributed by atoms with Crippen LogP contribution in [-0.4, -0.2) is 12.4 Å². The molecule has 1 heterocycles. The second kappa shape index (κ2) is 5.46. The highest BCUT2D eigenvalue weighted by Gasteiger charge is 2.30. The maximum absolute atomic E-state index is 12.4. The van der Waals surface area contributed by atoms with E-state index in [0.717, 1.165) is 6.07 Å². The second-order valence-electron chi connectivity index (χ2n) is 4.60. The lowest BCUT2D eigenvalue weighted by Crippen LogP contribution is -2.14. The minimum absolute atomic E-state index is 0.195. The third kappa shape index (κ3) is 4.84. The molecule has 2 aromatic rings. The van der Waals surface area contributed by atoms with E-state index < -0.39 is 25.2 Å². The van der Waals surface area contributed by atoms with E-state index in [1.807, 2.05) is 0 Å². The normalized spacial score (nSPS) is 12.7. The van der Waals surface area contributed by atoms with Gasteiger partial charge < -0.3 is 4.42 Å². The first-order valence-electron chi connectivity index (χ1n) is 5.93. The van der Waals surface area contributed by atoms with Crippen molar-refractivity contribution < 1.29 is 30.8 Å². The molecule has 0 radical (unpaired) electrons. The molecule has 0 unspecified atom stereocenters. The number of halogens is 6. The Morgan fingerprint density at radius 1 is 0.810 bits per heavy atom. The molecule has 0 aliphatic rings. The Labute approximate surface area is 116 Å². The summed E-state index contributed by atoms with van der Waals surface area (Å²) in [5, 5.41) is 0. The summed E-state index contributed by atoms with van der Waals surface area (Å²) in [6, 6.07) is 6.28. The van der Waals surface area contributed by atoms with Gasteiger partial charge in [0.2, 0.25) is 0 Å². The van der Waals surface area contributed by atoms with E-state index in [1.54, 1.807) is 0 Å². The van der Waals surface area contributed by atoms with Gasteiger partial charge in [-0.25, -0.2) is 0 Å². The van der Waals surface area contributed by atoms with Crippen molar-refractivity contribution in [3.05, 3.63) is 47.7 Å². The van der Waals surface area contributed by atoms with Gasteiger partial charge in [0.1, 0.15) is 5.76 Å². The van der Waals surface area contributed by atoms with Crippen LogP contribution in [0, 0.1) is 0 Å². The predicted octanol–water partition coefficient (Wildman–Crippen LogP) is 5.16. The van der Waals surface area contributed by atoms with Gasteiger partial charge >= 0.3 is 12.4 Å². The Bertz CT molecular complexity index is 561. The lowest BCUT2D eigenvalue weighted by atomic mass is 10.00. The van der Waals surface area contributed by atoms with Gasteiger partial charge in [0.15, 0.2) is 0 Å². The van der Waals surface area contributed by atoms with Gasteiger partial charge in [-0.1, -0.05) is 6.07 Å². The number of hydrogen-bond acceptors (Lipinski definition) is 1. The van der Waals surface area contributed by atoms with Crippen LogP contribution in [-0.2, 0) is 12.8 Å². The van der Waals surface area contributed by atoms with Crippen LogP contribution in [0.25, 0.3) is 11.3 Å². The Morgan fingerprint density at radius 2 is 1.33 bits per heavy atom. The Hall–Kier alpha value is -1.92. The number of hydrogen-bond donors (Lipinski definition) is 0. The average Bonchev–Trinajstić information content (AvgIpc) is 2.76. The fourth-order valence-electron chi connectivity index (χ4n) is 2.01. The molecule has 1 aromatic carbocycles. The molecule has 0 bridgehead atoms. The van der Waals surface area contributed by atoms with Crippen LogP contribution >= 0.6 is 0 Å². The lowest BCUT2D eigenvalue weighted by molar-refractivity contribution is -0.127. The van der Waals surface area contributed by atoms with Crippen LogP contribution in [0.5, 0.6) is 0 Å². The fraction of sp³-hybridized carbons (Fsp3) is 0.286. The van der Waals surface area contributed by atoms with Crippen molar-refractivity contribution in [3.63, 3.8) is 0 Å². The minimum Gasteiger partial charge on any atom is -0.464 e. The van der Waals surface area contributed by atoms with Gasteiger partial charge in [-0.3, -0.25) is 0 Å². The van der Waals surface area contributed by atoms with Crippen molar-refractivity contribution >= 4 is 0 Å². The molecule has 0 atom stereocenters. The first kappa shape index (κ1) is 15.5. The topological polar surface area (TPSA) is 13.1 Å². The first-order valence-corrected chi connectivity index (χ1v) is 5.93. The summed E-state index contributed by atoms with van der Waals surface area (Å²) in [5.41, 5.74) is -0.257. The minimum atomic E-state index is -4.49. The lowest BCUT2D eigenvalue weighted by Gasteiger charge is -2.12. The van der Waals surface area contributed by atoms with Crippen molar-refractivity contribution in [2.75, 3.05) is 0 Å². The molecule has 1 aromatic heterocycles. The van der Waals surface area contributed by atoms with Gasteiger partial charge in [0.05, 0.1) is 19.1 Å². The molecule has 21 heavy (non-hydrogen) atoms. The standard InChI is InChI=1S/C14H10F6O/c15-13(16,17)7-9-4-10(8-14(18,19)20)6-11(5-9)12-2-1-3-21-12/h1-6H,7-8H2. The van der Waals surface area contributed by atoms with E-state index in [4.69, 9.17) is 4.42 Å². The molecule has 2 rings (SSSR count). The molecule has 1 nitrogen and oxygen atoms in total. The molecule has 0 spiro atoms. The number of benzene rings is 1. The highest BCUT2D eigenvalue weighted by molar-refractivity contribution is 5.59. The highest BCUT2D eigenvalue weighted by Crippen LogP contribution is 2.30. The van der Waals surface area contributed by atoms with Crippen molar-refractivity contribution in [1.82, 2.24) is 0 Å². The zero-order valence-corrected chi connectivity index (χ0v) is 10.6. The molecule has 0 saturated heterocycles. The Kier molecular flexibility index (Phi) is 4.02. The summed E-state index contributed by atoms with van der Waals surface area (Å²) in [7, 11) is 0. The molecule has 114 valence electrons. The zero-order chi connectivity index (χ0) is 15.7. The van der Waals surface area contributed by atoms with Crippen LogP contribution in [0.15, 0.2) is 41.0 Å². The summed E-state index contributed by atoms with van der Waals surface area (Å²) in [4.78, 5) is 0. The number of furan rings is 1. The monoisotopic (exact) mass is 308 g/mol. The van der Waals surface area contributed by atoms with Crippen molar-refractivity contribution in [2.45, 2.75) is 25.2 Å². The summed E-state index contributed by atoms with van der Waals surface area (Å²) in [6.45, 7) is 0. The smallest absolute Gasteiger partial charge is 0.393 e. The van der Waals surface area contributed by atoms with Gasteiger partial charge in [0.25, 0.3) is 0 Å². The first-order chi connectivity index (χ1) is 9.62. The van der Waals surface area contributed by atoms with Gasteiger partial charge in [-0.15, -0.1) is 0 Å². The summed E-state index contributed by atoms with van der Waals surface area (Å²) in [6.07, 6.45) is -10.2. The maximum atomic E-state index is 12.4. The fourth-order valence-corrected chi connectivity index (χ4v) is 2.01. The van der Waals surface area contributed by atoms with Crippen LogP contribution in [0.1, 0.15) is 11.1 Å². The molecule has 0 fully saturated rings. The Balaban J connectivity index is 2.41. The van der Waals surface area contributed by atoms with Crippen molar-refractivity contribution in [2.24, 2.45) is 0 Å². The summed E-state index contributed by atoms with van der Waals surface area (Å²) < 4.78 is 79.7. The number of rotatable bonds is 3. The quantitative estimate of drug-likeness (QED) is 0.714. The SMILES string of the molecule is FC(F)(F)Cc1cc(CC(F)(F)F)cc(-c2ccco2)c1. The molecule has 0 aliphatic carbocycles. The van der Waals surface area contributed by atoms with E-state index in [1.165, 1.54) is 30.5 Å². The summed E-state index contributed by atoms with van der Waals surface area (Å²) >= 11 is 0. The third-order valence-electron chi connectivity index (χ3n) is 2.67. The van der Waals surface area contributed by atoms with Crippen molar-refractivity contribution in [3.8, 4) is 11.3 Å². The van der Waals surface area contributed by atoms with Crippen LogP contribution < -0.4 is 0 Å². The van der Waals surface area contributed by atoms with Crippen LogP contribution in [0.2, 0.25) is 0 Å². The predicted molar refractivity (Wildman–Crippen MR) is 63.7 cm³/mol. The van der Waals surface area contributed by atoms with Crippen LogP contribution in [0.4, 0.5) is 26.3 Å². The molecular weight excluding hydrogens is 298 g/mol. The van der Waals surface area contributed by atoms with Crippen LogP contribution in [0.3, 0.4) is 0 Å². The Morgan fingerprint density at radius 3 is 1.71 bits per heavy atom. The molecule has 7 heteroatoms. The molecular formula is C14H10F6O. The van der Waals surface area contributed by atoms with Crippen molar-refractivity contribution in [1.29, 1.82) is 0 Å². The van der Waals surface area contributed by atoms with E-state index in [0.29, 0.717) is 0 Å². The second-order valence-corrected chi connectivity index (χ2v) is 4.60. The highest BCUT2D eigenvalue weighted by atomic mass is 19.4. The van der Waals surface area contributed by atoms with Gasteiger partial charge in [0, 0.05) is 5.56 Å². The largest absolute Gasteiger partial charge is 0.464 e. The summed E-state index contributed by atoms with van der Waals surface area (Å²) in [5.74, 6) is 0.224. The van der Waals surface area contributed by atoms with E-state index in [-0.39, 0.29) is 22.5 Å².